The summed E-state index contributed by atoms with van der Waals surface area (Å²) < 4.78 is 0. The van der Waals surface area contributed by atoms with Crippen LogP contribution in [0.4, 0.5) is 5.69 Å². The second kappa shape index (κ2) is 7.12. The number of thioether (sulfide) groups is 1. The SMILES string of the molecule is O=C(O)CCCNC(=O)CN1C(=O)CSc2ccccc21. The van der Waals surface area contributed by atoms with E-state index in [4.69, 9.17) is 5.11 Å². The van der Waals surface area contributed by atoms with Crippen LogP contribution < -0.4 is 10.2 Å². The van der Waals surface area contributed by atoms with Crippen LogP contribution in [0.25, 0.3) is 0 Å². The molecule has 1 aliphatic heterocycles. The van der Waals surface area contributed by atoms with E-state index in [2.05, 4.69) is 5.32 Å². The number of nitrogens with zero attached hydrogens (tertiary/aromatic N) is 1. The fourth-order valence-electron chi connectivity index (χ4n) is 1.99. The molecule has 0 aliphatic carbocycles. The number of carboxylic acid groups (broad SMARTS) is 1. The minimum absolute atomic E-state index is 0.0163. The number of nitrogens with one attached hydrogen (secondary N) is 1. The Morgan fingerprint density at radius 3 is 2.86 bits per heavy atom. The Morgan fingerprint density at radius 2 is 2.10 bits per heavy atom. The maximum atomic E-state index is 12.0. The highest BCUT2D eigenvalue weighted by molar-refractivity contribution is 8.00. The van der Waals surface area contributed by atoms with Crippen molar-refractivity contribution in [2.24, 2.45) is 0 Å². The summed E-state index contributed by atoms with van der Waals surface area (Å²) in [6.45, 7) is 0.257. The number of fused-ring (bicyclic) bond motifs is 1. The van der Waals surface area contributed by atoms with Gasteiger partial charge in [0.05, 0.1) is 11.4 Å². The number of hydrogen-bond acceptors (Lipinski definition) is 4. The van der Waals surface area contributed by atoms with E-state index < -0.39 is 5.97 Å². The molecule has 0 atom stereocenters. The molecule has 0 aromatic heterocycles. The van der Waals surface area contributed by atoms with Crippen LogP contribution in [-0.4, -0.2) is 41.7 Å². The highest BCUT2D eigenvalue weighted by Crippen LogP contribution is 2.34. The molecule has 0 spiro atoms. The zero-order valence-corrected chi connectivity index (χ0v) is 12.2. The number of para-hydroxylation sites is 1. The Hall–Kier alpha value is -2.02. The minimum Gasteiger partial charge on any atom is -0.481 e. The average Bonchev–Trinajstić information content (AvgIpc) is 2.46. The quantitative estimate of drug-likeness (QED) is 0.769. The molecule has 112 valence electrons. The number of benzene rings is 1. The number of carboxylic acids is 1. The van der Waals surface area contributed by atoms with E-state index >= 15 is 0 Å². The first kappa shape index (κ1) is 15.4. The molecule has 1 heterocycles. The number of carbonyl (C=O) groups excluding carboxylic acids is 2. The monoisotopic (exact) mass is 308 g/mol. The first-order valence-electron chi connectivity index (χ1n) is 6.58. The van der Waals surface area contributed by atoms with E-state index in [9.17, 15) is 14.4 Å². The molecule has 2 rings (SSSR count). The van der Waals surface area contributed by atoms with Crippen molar-refractivity contribution in [2.75, 3.05) is 23.7 Å². The fourth-order valence-corrected chi connectivity index (χ4v) is 2.93. The van der Waals surface area contributed by atoms with Crippen LogP contribution in [0.2, 0.25) is 0 Å². The molecule has 0 radical (unpaired) electrons. The molecule has 1 aromatic rings. The zero-order valence-electron chi connectivity index (χ0n) is 11.4. The van der Waals surface area contributed by atoms with E-state index in [1.165, 1.54) is 16.7 Å². The van der Waals surface area contributed by atoms with Gasteiger partial charge in [0, 0.05) is 17.9 Å². The van der Waals surface area contributed by atoms with Crippen molar-refractivity contribution in [1.82, 2.24) is 5.32 Å². The highest BCUT2D eigenvalue weighted by Gasteiger charge is 2.25. The summed E-state index contributed by atoms with van der Waals surface area (Å²) >= 11 is 1.46. The van der Waals surface area contributed by atoms with E-state index in [-0.39, 0.29) is 24.8 Å². The maximum absolute atomic E-state index is 12.0. The van der Waals surface area contributed by atoms with Gasteiger partial charge in [0.1, 0.15) is 6.54 Å². The molecule has 2 amide bonds. The fraction of sp³-hybridized carbons (Fsp3) is 0.357. The van der Waals surface area contributed by atoms with Crippen LogP contribution in [0.1, 0.15) is 12.8 Å². The third kappa shape index (κ3) is 4.22. The first-order valence-corrected chi connectivity index (χ1v) is 7.57. The topological polar surface area (TPSA) is 86.7 Å². The summed E-state index contributed by atoms with van der Waals surface area (Å²) in [7, 11) is 0. The molecular weight excluding hydrogens is 292 g/mol. The van der Waals surface area contributed by atoms with Gasteiger partial charge in [0.15, 0.2) is 0 Å². The van der Waals surface area contributed by atoms with E-state index in [1.807, 2.05) is 24.3 Å². The third-order valence-electron chi connectivity index (χ3n) is 3.00. The zero-order chi connectivity index (χ0) is 15.2. The smallest absolute Gasteiger partial charge is 0.303 e. The molecule has 2 N–H and O–H groups in total. The lowest BCUT2D eigenvalue weighted by Gasteiger charge is -2.28. The van der Waals surface area contributed by atoms with Crippen LogP contribution >= 0.6 is 11.8 Å². The van der Waals surface area contributed by atoms with Gasteiger partial charge >= 0.3 is 5.97 Å². The summed E-state index contributed by atoms with van der Waals surface area (Å²) in [5.74, 6) is -0.945. The molecule has 1 aromatic carbocycles. The standard InChI is InChI=1S/C14H16N2O4S/c17-12(15-7-3-6-14(19)20)8-16-10-4-1-2-5-11(10)21-9-13(16)18/h1-2,4-5H,3,6-9H2,(H,15,17)(H,19,20). The Bertz CT molecular complexity index is 562. The Balaban J connectivity index is 1.91. The van der Waals surface area contributed by atoms with Gasteiger partial charge in [-0.25, -0.2) is 0 Å². The van der Waals surface area contributed by atoms with E-state index in [0.29, 0.717) is 18.7 Å². The molecule has 7 heteroatoms. The van der Waals surface area contributed by atoms with Gasteiger partial charge in [-0.2, -0.15) is 0 Å². The predicted molar refractivity (Wildman–Crippen MR) is 79.4 cm³/mol. The maximum Gasteiger partial charge on any atom is 0.303 e. The molecule has 0 bridgehead atoms. The minimum atomic E-state index is -0.888. The van der Waals surface area contributed by atoms with Gasteiger partial charge in [-0.05, 0) is 18.6 Å². The molecule has 0 fully saturated rings. The molecule has 6 nitrogen and oxygen atoms in total. The molecule has 0 unspecified atom stereocenters. The van der Waals surface area contributed by atoms with Crippen LogP contribution in [0, 0.1) is 0 Å². The Kier molecular flexibility index (Phi) is 5.21. The second-order valence-electron chi connectivity index (χ2n) is 4.58. The number of anilines is 1. The largest absolute Gasteiger partial charge is 0.481 e. The van der Waals surface area contributed by atoms with Crippen LogP contribution in [0.15, 0.2) is 29.2 Å². The van der Waals surface area contributed by atoms with Crippen LogP contribution in [0.3, 0.4) is 0 Å². The second-order valence-corrected chi connectivity index (χ2v) is 5.60. The summed E-state index contributed by atoms with van der Waals surface area (Å²) in [6.07, 6.45) is 0.393. The highest BCUT2D eigenvalue weighted by atomic mass is 32.2. The van der Waals surface area contributed by atoms with Crippen molar-refractivity contribution < 1.29 is 19.5 Å². The van der Waals surface area contributed by atoms with Crippen LogP contribution in [0.5, 0.6) is 0 Å². The van der Waals surface area contributed by atoms with Gasteiger partial charge in [0.2, 0.25) is 11.8 Å². The molecule has 0 saturated carbocycles. The summed E-state index contributed by atoms with van der Waals surface area (Å²) in [5, 5.41) is 11.1. The Morgan fingerprint density at radius 1 is 1.33 bits per heavy atom. The van der Waals surface area contributed by atoms with Gasteiger partial charge in [-0.15, -0.1) is 11.8 Å². The summed E-state index contributed by atoms with van der Waals surface area (Å²) in [6, 6.07) is 7.46. The van der Waals surface area contributed by atoms with Crippen molar-refractivity contribution >= 4 is 35.2 Å². The average molecular weight is 308 g/mol. The van der Waals surface area contributed by atoms with Crippen molar-refractivity contribution in [3.63, 3.8) is 0 Å². The van der Waals surface area contributed by atoms with Crippen molar-refractivity contribution in [1.29, 1.82) is 0 Å². The molecule has 21 heavy (non-hydrogen) atoms. The summed E-state index contributed by atoms with van der Waals surface area (Å²) in [5.41, 5.74) is 0.749. The normalized spacial score (nSPS) is 13.7. The number of aliphatic carboxylic acids is 1. The molecule has 0 saturated heterocycles. The van der Waals surface area contributed by atoms with Gasteiger partial charge in [-0.3, -0.25) is 14.4 Å². The van der Waals surface area contributed by atoms with Crippen molar-refractivity contribution in [3.8, 4) is 0 Å². The third-order valence-corrected chi connectivity index (χ3v) is 4.05. The van der Waals surface area contributed by atoms with Gasteiger partial charge < -0.3 is 15.3 Å². The lowest BCUT2D eigenvalue weighted by Crippen LogP contribution is -2.43. The number of rotatable bonds is 6. The van der Waals surface area contributed by atoms with Gasteiger partial charge in [-0.1, -0.05) is 12.1 Å². The van der Waals surface area contributed by atoms with E-state index in [1.54, 1.807) is 0 Å². The van der Waals surface area contributed by atoms with Crippen molar-refractivity contribution in [2.45, 2.75) is 17.7 Å². The van der Waals surface area contributed by atoms with E-state index in [0.717, 1.165) is 10.6 Å². The molecule has 1 aliphatic rings. The lowest BCUT2D eigenvalue weighted by atomic mass is 10.2. The van der Waals surface area contributed by atoms with Gasteiger partial charge in [0.25, 0.3) is 0 Å². The first-order chi connectivity index (χ1) is 10.1. The predicted octanol–water partition coefficient (Wildman–Crippen LogP) is 1.11. The Labute approximate surface area is 126 Å². The summed E-state index contributed by atoms with van der Waals surface area (Å²) in [4.78, 5) is 36.6. The number of hydrogen-bond donors (Lipinski definition) is 2. The number of carbonyl (C=O) groups is 3. The van der Waals surface area contributed by atoms with Crippen LogP contribution in [-0.2, 0) is 14.4 Å². The molecular formula is C14H16N2O4S. The lowest BCUT2D eigenvalue weighted by molar-refractivity contribution is -0.137. The number of amides is 2. The van der Waals surface area contributed by atoms with Crippen molar-refractivity contribution in [3.05, 3.63) is 24.3 Å².